The normalized spacial score (nSPS) is 28.0. The largest absolute Gasteiger partial charge is 0.352 e. The molecule has 2 fully saturated rings. The molecule has 0 N–H and O–H groups in total. The SMILES string of the molecule is CC1=C(C)N(C)C(=CC=C2C/C(=C3/CC(=S)N(C)C3=O)N(C)C2=O)C1. The average molecular weight is 357 g/mol. The van der Waals surface area contributed by atoms with Crippen LogP contribution in [0.25, 0.3) is 0 Å². The Kier molecular flexibility index (Phi) is 4.41. The van der Waals surface area contributed by atoms with E-state index in [0.717, 1.165) is 12.1 Å². The van der Waals surface area contributed by atoms with Gasteiger partial charge >= 0.3 is 0 Å². The minimum atomic E-state index is -0.0924. The Morgan fingerprint density at radius 2 is 1.56 bits per heavy atom. The van der Waals surface area contributed by atoms with Gasteiger partial charge < -0.3 is 14.7 Å². The molecule has 132 valence electrons. The Labute approximate surface area is 153 Å². The molecule has 3 aliphatic heterocycles. The van der Waals surface area contributed by atoms with Crippen LogP contribution in [0.5, 0.6) is 0 Å². The lowest BCUT2D eigenvalue weighted by Gasteiger charge is -2.15. The molecule has 3 rings (SSSR count). The Hall–Kier alpha value is -2.21. The summed E-state index contributed by atoms with van der Waals surface area (Å²) in [5.41, 5.74) is 5.91. The molecular weight excluding hydrogens is 334 g/mol. The molecule has 25 heavy (non-hydrogen) atoms. The van der Waals surface area contributed by atoms with E-state index in [-0.39, 0.29) is 11.8 Å². The van der Waals surface area contributed by atoms with Gasteiger partial charge in [-0.2, -0.15) is 0 Å². The zero-order chi connectivity index (χ0) is 18.5. The van der Waals surface area contributed by atoms with Crippen molar-refractivity contribution in [2.24, 2.45) is 0 Å². The van der Waals surface area contributed by atoms with Gasteiger partial charge in [0, 0.05) is 68.6 Å². The molecule has 6 heteroatoms. The van der Waals surface area contributed by atoms with Gasteiger partial charge in [-0.3, -0.25) is 9.59 Å². The Morgan fingerprint density at radius 3 is 2.08 bits per heavy atom. The molecule has 2 amide bonds. The van der Waals surface area contributed by atoms with E-state index in [0.29, 0.717) is 29.0 Å². The summed E-state index contributed by atoms with van der Waals surface area (Å²) in [7, 11) is 5.45. The number of nitrogens with zero attached hydrogens (tertiary/aromatic N) is 3. The fraction of sp³-hybridized carbons (Fsp3) is 0.421. The fourth-order valence-electron chi connectivity index (χ4n) is 3.43. The molecule has 0 aromatic heterocycles. The second-order valence-electron chi connectivity index (χ2n) is 6.85. The van der Waals surface area contributed by atoms with Crippen molar-refractivity contribution in [3.63, 3.8) is 0 Å². The van der Waals surface area contributed by atoms with E-state index in [9.17, 15) is 9.59 Å². The van der Waals surface area contributed by atoms with E-state index >= 15 is 0 Å². The number of likely N-dealkylation sites (tertiary alicyclic amines) is 2. The zero-order valence-electron chi connectivity index (χ0n) is 15.3. The van der Waals surface area contributed by atoms with Crippen molar-refractivity contribution in [2.45, 2.75) is 33.1 Å². The quantitative estimate of drug-likeness (QED) is 0.535. The first kappa shape index (κ1) is 17.6. The molecule has 0 aromatic carbocycles. The van der Waals surface area contributed by atoms with Crippen molar-refractivity contribution in [2.75, 3.05) is 21.1 Å². The number of likely N-dealkylation sites (N-methyl/N-ethyl adjacent to an activating group) is 2. The number of allylic oxidation sites excluding steroid dienone is 5. The number of hydrogen-bond donors (Lipinski definition) is 0. The summed E-state index contributed by atoms with van der Waals surface area (Å²) in [4.78, 5) is 30.8. The third-order valence-electron chi connectivity index (χ3n) is 5.43. The minimum absolute atomic E-state index is 0.0466. The van der Waals surface area contributed by atoms with Crippen LogP contribution in [0.1, 0.15) is 33.1 Å². The van der Waals surface area contributed by atoms with Gasteiger partial charge in [-0.1, -0.05) is 18.3 Å². The summed E-state index contributed by atoms with van der Waals surface area (Å²) in [6.45, 7) is 4.23. The highest BCUT2D eigenvalue weighted by Gasteiger charge is 2.37. The van der Waals surface area contributed by atoms with Crippen LogP contribution in [0.15, 0.2) is 46.0 Å². The number of hydrogen-bond acceptors (Lipinski definition) is 4. The smallest absolute Gasteiger partial charge is 0.256 e. The van der Waals surface area contributed by atoms with Gasteiger partial charge in [0.05, 0.1) is 4.99 Å². The van der Waals surface area contributed by atoms with Gasteiger partial charge in [0.1, 0.15) is 0 Å². The second kappa shape index (κ2) is 6.26. The fourth-order valence-corrected chi connectivity index (χ4v) is 3.65. The summed E-state index contributed by atoms with van der Waals surface area (Å²) in [6.07, 6.45) is 5.73. The third kappa shape index (κ3) is 2.84. The van der Waals surface area contributed by atoms with Crippen LogP contribution in [0.3, 0.4) is 0 Å². The number of carbonyl (C=O) groups is 2. The first-order chi connectivity index (χ1) is 11.7. The van der Waals surface area contributed by atoms with E-state index in [1.165, 1.54) is 21.9 Å². The summed E-state index contributed by atoms with van der Waals surface area (Å²) >= 11 is 5.22. The topological polar surface area (TPSA) is 43.9 Å². The maximum atomic E-state index is 12.6. The van der Waals surface area contributed by atoms with Gasteiger partial charge in [0.2, 0.25) is 0 Å². The van der Waals surface area contributed by atoms with Crippen LogP contribution in [0.2, 0.25) is 0 Å². The third-order valence-corrected chi connectivity index (χ3v) is 5.85. The van der Waals surface area contributed by atoms with Crippen LogP contribution in [0, 0.1) is 0 Å². The molecule has 2 saturated heterocycles. The molecule has 5 nitrogen and oxygen atoms in total. The summed E-state index contributed by atoms with van der Waals surface area (Å²) in [6, 6.07) is 0. The predicted octanol–water partition coefficient (Wildman–Crippen LogP) is 2.73. The summed E-state index contributed by atoms with van der Waals surface area (Å²) < 4.78 is 0. The van der Waals surface area contributed by atoms with E-state index in [2.05, 4.69) is 18.7 Å². The Bertz CT molecular complexity index is 817. The maximum Gasteiger partial charge on any atom is 0.256 e. The van der Waals surface area contributed by atoms with Crippen LogP contribution in [-0.2, 0) is 9.59 Å². The molecule has 0 aliphatic carbocycles. The summed E-state index contributed by atoms with van der Waals surface area (Å²) in [5.74, 6) is -0.139. The van der Waals surface area contributed by atoms with Gasteiger partial charge in [-0.05, 0) is 25.5 Å². The molecule has 3 aliphatic rings. The van der Waals surface area contributed by atoms with E-state index in [4.69, 9.17) is 12.2 Å². The van der Waals surface area contributed by atoms with E-state index in [1.807, 2.05) is 19.2 Å². The van der Waals surface area contributed by atoms with Crippen molar-refractivity contribution in [3.8, 4) is 0 Å². The van der Waals surface area contributed by atoms with Gasteiger partial charge in [0.25, 0.3) is 11.8 Å². The van der Waals surface area contributed by atoms with E-state index in [1.54, 1.807) is 19.0 Å². The number of rotatable bonds is 1. The van der Waals surface area contributed by atoms with Gasteiger partial charge in [0.15, 0.2) is 0 Å². The predicted molar refractivity (Wildman–Crippen MR) is 101 cm³/mol. The first-order valence-electron chi connectivity index (χ1n) is 8.33. The van der Waals surface area contributed by atoms with Crippen molar-refractivity contribution in [1.82, 2.24) is 14.7 Å². The number of carbonyl (C=O) groups excluding carboxylic acids is 2. The Balaban J connectivity index is 1.88. The van der Waals surface area contributed by atoms with Crippen LogP contribution in [-0.4, -0.2) is 52.6 Å². The lowest BCUT2D eigenvalue weighted by atomic mass is 10.1. The lowest BCUT2D eigenvalue weighted by molar-refractivity contribution is -0.122. The molecule has 0 atom stereocenters. The number of thiocarbonyl (C=S) groups is 1. The summed E-state index contributed by atoms with van der Waals surface area (Å²) in [5, 5.41) is 0. The molecule has 0 bridgehead atoms. The molecule has 0 unspecified atom stereocenters. The van der Waals surface area contributed by atoms with Crippen molar-refractivity contribution in [3.05, 3.63) is 46.0 Å². The van der Waals surface area contributed by atoms with Gasteiger partial charge in [-0.25, -0.2) is 0 Å². The molecule has 0 radical (unpaired) electrons. The average Bonchev–Trinajstić information content (AvgIpc) is 3.10. The van der Waals surface area contributed by atoms with Crippen LogP contribution in [0.4, 0.5) is 0 Å². The molecular formula is C19H23N3O2S. The maximum absolute atomic E-state index is 12.6. The minimum Gasteiger partial charge on any atom is -0.352 e. The van der Waals surface area contributed by atoms with E-state index < -0.39 is 0 Å². The molecule has 0 aromatic rings. The van der Waals surface area contributed by atoms with Crippen LogP contribution >= 0.6 is 12.2 Å². The first-order valence-corrected chi connectivity index (χ1v) is 8.74. The highest BCUT2D eigenvalue weighted by molar-refractivity contribution is 7.80. The van der Waals surface area contributed by atoms with Crippen molar-refractivity contribution in [1.29, 1.82) is 0 Å². The molecule has 3 heterocycles. The molecule has 0 spiro atoms. The van der Waals surface area contributed by atoms with Crippen LogP contribution < -0.4 is 0 Å². The van der Waals surface area contributed by atoms with Crippen molar-refractivity contribution >= 4 is 29.0 Å². The number of amides is 2. The monoisotopic (exact) mass is 357 g/mol. The lowest BCUT2D eigenvalue weighted by Crippen LogP contribution is -2.24. The standard InChI is InChI=1S/C19H23N3O2S/c1-11-8-14(20(3)12(11)2)7-6-13-9-16(21(4)18(13)23)15-10-17(25)22(5)19(15)24/h6-7H,8-10H2,1-5H3/b13-6?,14-7?,16-15+. The highest BCUT2D eigenvalue weighted by Crippen LogP contribution is 2.34. The van der Waals surface area contributed by atoms with Gasteiger partial charge in [-0.15, -0.1) is 0 Å². The molecule has 0 saturated carbocycles. The zero-order valence-corrected chi connectivity index (χ0v) is 16.2. The Morgan fingerprint density at radius 1 is 0.880 bits per heavy atom. The van der Waals surface area contributed by atoms with Crippen molar-refractivity contribution < 1.29 is 9.59 Å². The highest BCUT2D eigenvalue weighted by atomic mass is 32.1. The second-order valence-corrected chi connectivity index (χ2v) is 7.32.